The number of hydrogen-bond acceptors (Lipinski definition) is 5. The van der Waals surface area contributed by atoms with Gasteiger partial charge in [-0.25, -0.2) is 14.0 Å². The molecular formula is C19H14FN3O5. The molecule has 3 aromatic rings. The number of rotatable bonds is 4. The second kappa shape index (κ2) is 8.12. The van der Waals surface area contributed by atoms with Crippen LogP contribution in [0.1, 0.15) is 10.4 Å². The molecule has 0 aliphatic heterocycles. The maximum atomic E-state index is 13.5. The summed E-state index contributed by atoms with van der Waals surface area (Å²) in [5, 5.41) is 4.52. The van der Waals surface area contributed by atoms with Gasteiger partial charge in [0.2, 0.25) is 5.56 Å². The van der Waals surface area contributed by atoms with E-state index in [1.54, 1.807) is 24.3 Å². The Balaban J connectivity index is 1.60. The minimum absolute atomic E-state index is 0.0111. The van der Waals surface area contributed by atoms with E-state index in [1.807, 2.05) is 5.32 Å². The van der Waals surface area contributed by atoms with E-state index in [1.165, 1.54) is 18.2 Å². The van der Waals surface area contributed by atoms with Crippen LogP contribution in [0.4, 0.5) is 14.9 Å². The molecule has 142 valence electrons. The Morgan fingerprint density at radius 3 is 2.54 bits per heavy atom. The van der Waals surface area contributed by atoms with Crippen molar-refractivity contribution in [2.75, 3.05) is 11.9 Å². The average Bonchev–Trinajstić information content (AvgIpc) is 2.67. The summed E-state index contributed by atoms with van der Waals surface area (Å²) in [6.07, 6.45) is 0. The van der Waals surface area contributed by atoms with Gasteiger partial charge in [0, 0.05) is 17.0 Å². The number of esters is 1. The molecule has 0 fully saturated rings. The predicted molar refractivity (Wildman–Crippen MR) is 98.4 cm³/mol. The number of amides is 3. The first-order valence-corrected chi connectivity index (χ1v) is 8.08. The number of H-pyrrole nitrogens is 1. The molecular weight excluding hydrogens is 369 g/mol. The summed E-state index contributed by atoms with van der Waals surface area (Å²) in [6, 6.07) is 12.1. The molecule has 3 N–H and O–H groups in total. The van der Waals surface area contributed by atoms with E-state index in [2.05, 4.69) is 10.3 Å². The summed E-state index contributed by atoms with van der Waals surface area (Å²) < 4.78 is 18.3. The number of aromatic amines is 1. The van der Waals surface area contributed by atoms with E-state index in [0.717, 1.165) is 12.1 Å². The number of urea groups is 1. The van der Waals surface area contributed by atoms with Crippen LogP contribution in [-0.2, 0) is 9.53 Å². The topological polar surface area (TPSA) is 117 Å². The van der Waals surface area contributed by atoms with Crippen LogP contribution in [0.15, 0.2) is 59.4 Å². The minimum atomic E-state index is -0.979. The normalized spacial score (nSPS) is 10.3. The highest BCUT2D eigenvalue weighted by molar-refractivity contribution is 6.05. The molecule has 9 heteroatoms. The number of benzene rings is 2. The number of hydrogen-bond donors (Lipinski definition) is 3. The molecule has 0 spiro atoms. The predicted octanol–water partition coefficient (Wildman–Crippen LogP) is 2.17. The van der Waals surface area contributed by atoms with E-state index in [9.17, 15) is 23.6 Å². The number of fused-ring (bicyclic) bond motifs is 1. The lowest BCUT2D eigenvalue weighted by atomic mass is 10.1. The van der Waals surface area contributed by atoms with Gasteiger partial charge in [-0.15, -0.1) is 0 Å². The Kier molecular flexibility index (Phi) is 5.45. The number of ether oxygens (including phenoxy) is 1. The summed E-state index contributed by atoms with van der Waals surface area (Å²) in [6.45, 7) is -0.759. The zero-order valence-corrected chi connectivity index (χ0v) is 14.3. The number of para-hydroxylation sites is 2. The third kappa shape index (κ3) is 4.39. The number of aromatic nitrogens is 1. The fourth-order valence-electron chi connectivity index (χ4n) is 2.46. The Bertz CT molecular complexity index is 1130. The van der Waals surface area contributed by atoms with Crippen molar-refractivity contribution >= 4 is 34.5 Å². The number of imide groups is 1. The minimum Gasteiger partial charge on any atom is -0.452 e. The third-order valence-corrected chi connectivity index (χ3v) is 3.68. The van der Waals surface area contributed by atoms with Gasteiger partial charge in [0.15, 0.2) is 6.61 Å². The maximum Gasteiger partial charge on any atom is 0.339 e. The molecule has 0 radical (unpaired) electrons. The van der Waals surface area contributed by atoms with Crippen LogP contribution in [0.5, 0.6) is 0 Å². The second-order valence-electron chi connectivity index (χ2n) is 5.65. The molecule has 0 bridgehead atoms. The van der Waals surface area contributed by atoms with Crippen molar-refractivity contribution in [2.24, 2.45) is 0 Å². The van der Waals surface area contributed by atoms with Gasteiger partial charge in [-0.05, 0) is 18.2 Å². The van der Waals surface area contributed by atoms with Gasteiger partial charge < -0.3 is 15.0 Å². The van der Waals surface area contributed by atoms with Crippen LogP contribution in [0.3, 0.4) is 0 Å². The van der Waals surface area contributed by atoms with Crippen LogP contribution in [0.25, 0.3) is 10.9 Å². The Labute approximate surface area is 157 Å². The number of nitrogens with one attached hydrogen (secondary N) is 3. The lowest BCUT2D eigenvalue weighted by Crippen LogP contribution is -2.37. The molecule has 0 atom stereocenters. The number of halogens is 1. The lowest BCUT2D eigenvalue weighted by molar-refractivity contribution is -0.123. The second-order valence-corrected chi connectivity index (χ2v) is 5.65. The van der Waals surface area contributed by atoms with Crippen LogP contribution in [0.2, 0.25) is 0 Å². The summed E-state index contributed by atoms with van der Waals surface area (Å²) in [5.41, 5.74) is -0.183. The molecule has 0 unspecified atom stereocenters. The van der Waals surface area contributed by atoms with Gasteiger partial charge in [0.05, 0.1) is 11.3 Å². The van der Waals surface area contributed by atoms with E-state index < -0.39 is 35.9 Å². The third-order valence-electron chi connectivity index (χ3n) is 3.68. The highest BCUT2D eigenvalue weighted by Crippen LogP contribution is 2.15. The first kappa shape index (κ1) is 18.8. The summed E-state index contributed by atoms with van der Waals surface area (Å²) in [4.78, 5) is 50.0. The zero-order chi connectivity index (χ0) is 20.1. The van der Waals surface area contributed by atoms with Gasteiger partial charge in [0.1, 0.15) is 5.82 Å². The van der Waals surface area contributed by atoms with Crippen LogP contribution in [0, 0.1) is 5.82 Å². The van der Waals surface area contributed by atoms with Crippen LogP contribution >= 0.6 is 0 Å². The Hall–Kier alpha value is -4.01. The van der Waals surface area contributed by atoms with Crippen molar-refractivity contribution in [3.8, 4) is 0 Å². The fraction of sp³-hybridized carbons (Fsp3) is 0.0526. The SMILES string of the molecule is O=C(COC(=O)c1cc(=O)[nH]c2ccccc12)NC(=O)Nc1ccccc1F. The van der Waals surface area contributed by atoms with Crippen molar-refractivity contribution in [1.82, 2.24) is 10.3 Å². The van der Waals surface area contributed by atoms with E-state index in [-0.39, 0.29) is 11.3 Å². The summed E-state index contributed by atoms with van der Waals surface area (Å²) in [7, 11) is 0. The van der Waals surface area contributed by atoms with E-state index in [4.69, 9.17) is 4.74 Å². The van der Waals surface area contributed by atoms with Crippen molar-refractivity contribution < 1.29 is 23.5 Å². The summed E-state index contributed by atoms with van der Waals surface area (Å²) in [5.74, 6) is -2.49. The molecule has 2 aromatic carbocycles. The van der Waals surface area contributed by atoms with Crippen molar-refractivity contribution in [2.45, 2.75) is 0 Å². The lowest BCUT2D eigenvalue weighted by Gasteiger charge is -2.09. The molecule has 28 heavy (non-hydrogen) atoms. The van der Waals surface area contributed by atoms with Crippen LogP contribution in [-0.4, -0.2) is 29.5 Å². The summed E-state index contributed by atoms with van der Waals surface area (Å²) >= 11 is 0. The standard InChI is InChI=1S/C19H14FN3O5/c20-13-6-2-4-8-15(13)22-19(27)23-17(25)10-28-18(26)12-9-16(24)21-14-7-3-1-5-11(12)14/h1-9H,10H2,(H,21,24)(H2,22,23,25,27). The van der Waals surface area contributed by atoms with Gasteiger partial charge in [-0.2, -0.15) is 0 Å². The first-order valence-electron chi connectivity index (χ1n) is 8.08. The smallest absolute Gasteiger partial charge is 0.339 e. The van der Waals surface area contributed by atoms with E-state index >= 15 is 0 Å². The zero-order valence-electron chi connectivity index (χ0n) is 14.3. The molecule has 0 aliphatic carbocycles. The van der Waals surface area contributed by atoms with Crippen molar-refractivity contribution in [1.29, 1.82) is 0 Å². The largest absolute Gasteiger partial charge is 0.452 e. The van der Waals surface area contributed by atoms with Gasteiger partial charge in [0.25, 0.3) is 5.91 Å². The van der Waals surface area contributed by atoms with Crippen molar-refractivity contribution in [3.63, 3.8) is 0 Å². The number of carbonyl (C=O) groups excluding carboxylic acids is 3. The molecule has 0 aliphatic rings. The van der Waals surface area contributed by atoms with Gasteiger partial charge in [-0.3, -0.25) is 14.9 Å². The Morgan fingerprint density at radius 2 is 1.75 bits per heavy atom. The maximum absolute atomic E-state index is 13.5. The van der Waals surface area contributed by atoms with Gasteiger partial charge in [-0.1, -0.05) is 30.3 Å². The molecule has 3 amide bonds. The number of anilines is 1. The average molecular weight is 383 g/mol. The van der Waals surface area contributed by atoms with Crippen molar-refractivity contribution in [3.05, 3.63) is 76.3 Å². The molecule has 1 aromatic heterocycles. The molecule has 3 rings (SSSR count). The first-order chi connectivity index (χ1) is 13.4. The number of carbonyl (C=O) groups is 3. The van der Waals surface area contributed by atoms with E-state index in [0.29, 0.717) is 10.9 Å². The quantitative estimate of drug-likeness (QED) is 0.597. The monoisotopic (exact) mass is 383 g/mol. The highest BCUT2D eigenvalue weighted by atomic mass is 19.1. The fourth-order valence-corrected chi connectivity index (χ4v) is 2.46. The van der Waals surface area contributed by atoms with Gasteiger partial charge >= 0.3 is 12.0 Å². The van der Waals surface area contributed by atoms with Crippen LogP contribution < -0.4 is 16.2 Å². The molecule has 0 saturated carbocycles. The molecule has 0 saturated heterocycles. The Morgan fingerprint density at radius 1 is 1.04 bits per heavy atom. The molecule has 1 heterocycles. The molecule has 8 nitrogen and oxygen atoms in total. The highest BCUT2D eigenvalue weighted by Gasteiger charge is 2.16. The number of pyridine rings is 1.